The molecule has 0 spiro atoms. The fourth-order valence-corrected chi connectivity index (χ4v) is 1.32. The topological polar surface area (TPSA) is 50.3 Å². The standard InChI is InChI=1S/C9H7FN2O2/c10-6-1-2-8(11-4-6)12-5-7(13)3-9(12)14/h1-2,4H,3,5H2. The van der Waals surface area contributed by atoms with Crippen LogP contribution in [0.4, 0.5) is 10.2 Å². The molecule has 4 nitrogen and oxygen atoms in total. The van der Waals surface area contributed by atoms with Crippen LogP contribution in [0.1, 0.15) is 6.42 Å². The third-order valence-corrected chi connectivity index (χ3v) is 1.97. The van der Waals surface area contributed by atoms with Crippen LogP contribution in [0, 0.1) is 5.82 Å². The number of nitrogens with zero attached hydrogens (tertiary/aromatic N) is 2. The van der Waals surface area contributed by atoms with Gasteiger partial charge in [0.2, 0.25) is 5.91 Å². The highest BCUT2D eigenvalue weighted by Crippen LogP contribution is 2.16. The molecule has 1 fully saturated rings. The summed E-state index contributed by atoms with van der Waals surface area (Å²) in [4.78, 5) is 27.2. The van der Waals surface area contributed by atoms with E-state index in [1.807, 2.05) is 0 Å². The normalized spacial score (nSPS) is 16.5. The Hall–Kier alpha value is -1.78. The van der Waals surface area contributed by atoms with Gasteiger partial charge in [-0.3, -0.25) is 14.5 Å². The summed E-state index contributed by atoms with van der Waals surface area (Å²) in [6.07, 6.45) is 0.935. The average Bonchev–Trinajstić information content (AvgIpc) is 2.47. The van der Waals surface area contributed by atoms with Gasteiger partial charge < -0.3 is 0 Å². The third-order valence-electron chi connectivity index (χ3n) is 1.97. The number of carbonyl (C=O) groups excluding carboxylic acids is 2. The van der Waals surface area contributed by atoms with Gasteiger partial charge in [-0.15, -0.1) is 0 Å². The lowest BCUT2D eigenvalue weighted by Gasteiger charge is -2.12. The van der Waals surface area contributed by atoms with Crippen LogP contribution in [0.3, 0.4) is 0 Å². The minimum atomic E-state index is -0.466. The van der Waals surface area contributed by atoms with Crippen LogP contribution in [0.15, 0.2) is 18.3 Å². The highest BCUT2D eigenvalue weighted by atomic mass is 19.1. The third kappa shape index (κ3) is 1.48. The summed E-state index contributed by atoms with van der Waals surface area (Å²) in [5.74, 6) is -0.566. The van der Waals surface area contributed by atoms with Crippen molar-refractivity contribution in [2.24, 2.45) is 0 Å². The molecule has 0 atom stereocenters. The van der Waals surface area contributed by atoms with Crippen molar-refractivity contribution < 1.29 is 14.0 Å². The molecule has 0 aromatic carbocycles. The van der Waals surface area contributed by atoms with Gasteiger partial charge in [0.25, 0.3) is 0 Å². The van der Waals surface area contributed by atoms with Crippen molar-refractivity contribution in [3.63, 3.8) is 0 Å². The zero-order valence-corrected chi connectivity index (χ0v) is 7.24. The van der Waals surface area contributed by atoms with E-state index < -0.39 is 5.82 Å². The van der Waals surface area contributed by atoms with Crippen LogP contribution >= 0.6 is 0 Å². The molecule has 0 aliphatic carbocycles. The molecule has 1 aromatic rings. The summed E-state index contributed by atoms with van der Waals surface area (Å²) in [6.45, 7) is 0.0392. The maximum absolute atomic E-state index is 12.5. The Kier molecular flexibility index (Phi) is 1.99. The lowest BCUT2D eigenvalue weighted by atomic mass is 10.3. The molecule has 2 rings (SSSR count). The molecule has 1 aliphatic heterocycles. The summed E-state index contributed by atoms with van der Waals surface area (Å²) in [5, 5.41) is 0. The summed E-state index contributed by atoms with van der Waals surface area (Å²) in [6, 6.07) is 2.59. The molecule has 2 heterocycles. The Morgan fingerprint density at radius 2 is 2.14 bits per heavy atom. The summed E-state index contributed by atoms with van der Waals surface area (Å²) in [7, 11) is 0. The second-order valence-electron chi connectivity index (χ2n) is 3.03. The van der Waals surface area contributed by atoms with Crippen LogP contribution in [0.25, 0.3) is 0 Å². The highest BCUT2D eigenvalue weighted by Gasteiger charge is 2.29. The van der Waals surface area contributed by atoms with Crippen LogP contribution in [0.5, 0.6) is 0 Å². The lowest BCUT2D eigenvalue weighted by Crippen LogP contribution is -2.25. The number of hydrogen-bond donors (Lipinski definition) is 0. The van der Waals surface area contributed by atoms with E-state index in [0.717, 1.165) is 6.20 Å². The SMILES string of the molecule is O=C1CC(=O)N(c2ccc(F)cn2)C1. The molecule has 1 saturated heterocycles. The monoisotopic (exact) mass is 194 g/mol. The Morgan fingerprint density at radius 1 is 1.36 bits per heavy atom. The quantitative estimate of drug-likeness (QED) is 0.612. The van der Waals surface area contributed by atoms with E-state index in [-0.39, 0.29) is 24.7 Å². The van der Waals surface area contributed by atoms with Gasteiger partial charge in [-0.05, 0) is 12.1 Å². The van der Waals surface area contributed by atoms with Gasteiger partial charge in [0, 0.05) is 0 Å². The predicted octanol–water partition coefficient (Wildman–Crippen LogP) is 0.526. The Morgan fingerprint density at radius 3 is 2.64 bits per heavy atom. The zero-order valence-electron chi connectivity index (χ0n) is 7.24. The summed E-state index contributed by atoms with van der Waals surface area (Å²) >= 11 is 0. The Labute approximate surface area is 79.4 Å². The van der Waals surface area contributed by atoms with E-state index in [4.69, 9.17) is 0 Å². The highest BCUT2D eigenvalue weighted by molar-refractivity contribution is 6.14. The van der Waals surface area contributed by atoms with Crippen molar-refractivity contribution in [1.29, 1.82) is 0 Å². The molecule has 0 saturated carbocycles. The van der Waals surface area contributed by atoms with Crippen molar-refractivity contribution in [2.75, 3.05) is 11.4 Å². The van der Waals surface area contributed by atoms with Gasteiger partial charge in [-0.2, -0.15) is 0 Å². The first-order valence-electron chi connectivity index (χ1n) is 4.10. The van der Waals surface area contributed by atoms with Gasteiger partial charge in [0.1, 0.15) is 11.6 Å². The minimum Gasteiger partial charge on any atom is -0.297 e. The number of hydrogen-bond acceptors (Lipinski definition) is 3. The number of anilines is 1. The van der Waals surface area contributed by atoms with E-state index >= 15 is 0 Å². The molecule has 5 heteroatoms. The molecule has 0 radical (unpaired) electrons. The average molecular weight is 194 g/mol. The molecule has 1 aromatic heterocycles. The van der Waals surface area contributed by atoms with Crippen LogP contribution in [0.2, 0.25) is 0 Å². The molecule has 0 N–H and O–H groups in total. The van der Waals surface area contributed by atoms with Crippen molar-refractivity contribution in [2.45, 2.75) is 6.42 Å². The molecule has 1 amide bonds. The van der Waals surface area contributed by atoms with Crippen molar-refractivity contribution in [1.82, 2.24) is 4.98 Å². The molecular formula is C9H7FN2O2. The van der Waals surface area contributed by atoms with Crippen molar-refractivity contribution in [3.05, 3.63) is 24.1 Å². The van der Waals surface area contributed by atoms with E-state index in [2.05, 4.69) is 4.98 Å². The molecule has 14 heavy (non-hydrogen) atoms. The van der Waals surface area contributed by atoms with Gasteiger partial charge in [-0.1, -0.05) is 0 Å². The molecule has 0 unspecified atom stereocenters. The number of amides is 1. The molecular weight excluding hydrogens is 187 g/mol. The number of rotatable bonds is 1. The smallest absolute Gasteiger partial charge is 0.236 e. The van der Waals surface area contributed by atoms with Crippen LogP contribution in [-0.2, 0) is 9.59 Å². The summed E-state index contributed by atoms with van der Waals surface area (Å²) < 4.78 is 12.5. The number of halogens is 1. The van der Waals surface area contributed by atoms with Gasteiger partial charge in [0.05, 0.1) is 19.2 Å². The zero-order chi connectivity index (χ0) is 10.1. The van der Waals surface area contributed by atoms with Gasteiger partial charge in [-0.25, -0.2) is 9.37 Å². The lowest BCUT2D eigenvalue weighted by molar-refractivity contribution is -0.121. The van der Waals surface area contributed by atoms with Crippen LogP contribution in [-0.4, -0.2) is 23.2 Å². The number of ketones is 1. The number of carbonyl (C=O) groups is 2. The maximum Gasteiger partial charge on any atom is 0.236 e. The predicted molar refractivity (Wildman–Crippen MR) is 46.2 cm³/mol. The largest absolute Gasteiger partial charge is 0.297 e. The fourth-order valence-electron chi connectivity index (χ4n) is 1.32. The minimum absolute atomic E-state index is 0.0392. The molecule has 72 valence electrons. The molecule has 1 aliphatic rings. The van der Waals surface area contributed by atoms with E-state index in [9.17, 15) is 14.0 Å². The second-order valence-corrected chi connectivity index (χ2v) is 3.03. The van der Waals surface area contributed by atoms with E-state index in [0.29, 0.717) is 5.82 Å². The van der Waals surface area contributed by atoms with Crippen molar-refractivity contribution >= 4 is 17.5 Å². The first-order valence-corrected chi connectivity index (χ1v) is 4.10. The first kappa shape index (κ1) is 8.80. The van der Waals surface area contributed by atoms with E-state index in [1.54, 1.807) is 0 Å². The van der Waals surface area contributed by atoms with Crippen molar-refractivity contribution in [3.8, 4) is 0 Å². The fraction of sp³-hybridized carbons (Fsp3) is 0.222. The summed E-state index contributed by atoms with van der Waals surface area (Å²) in [5.41, 5.74) is 0. The maximum atomic E-state index is 12.5. The van der Waals surface area contributed by atoms with Gasteiger partial charge in [0.15, 0.2) is 5.78 Å². The number of aromatic nitrogens is 1. The van der Waals surface area contributed by atoms with E-state index in [1.165, 1.54) is 17.0 Å². The van der Waals surface area contributed by atoms with Gasteiger partial charge >= 0.3 is 0 Å². The Bertz CT molecular complexity index is 388. The Balaban J connectivity index is 2.27. The second kappa shape index (κ2) is 3.17. The number of Topliss-reactive ketones (excluding diaryl/α,β-unsaturated/α-hetero) is 1. The first-order chi connectivity index (χ1) is 6.66. The molecule has 0 bridgehead atoms. The van der Waals surface area contributed by atoms with Crippen LogP contribution < -0.4 is 4.90 Å². The number of pyridine rings is 1.